The molecule has 1 aliphatic rings. The predicted molar refractivity (Wildman–Crippen MR) is 82.3 cm³/mol. The summed E-state index contributed by atoms with van der Waals surface area (Å²) in [6, 6.07) is 6.63. The number of Topliss-reactive ketones (excluding diaryl/α,β-unsaturated/α-hetero) is 3. The third-order valence-corrected chi connectivity index (χ3v) is 3.96. The van der Waals surface area contributed by atoms with Gasteiger partial charge in [0.05, 0.1) is 0 Å². The number of hydrogen-bond donors (Lipinski definition) is 0. The minimum absolute atomic E-state index is 0.163. The zero-order chi connectivity index (χ0) is 15.4. The number of ketones is 3. The monoisotopic (exact) mass is 304 g/mol. The van der Waals surface area contributed by atoms with Crippen molar-refractivity contribution in [3.8, 4) is 0 Å². The Morgan fingerprint density at radius 2 is 1.67 bits per heavy atom. The summed E-state index contributed by atoms with van der Waals surface area (Å²) in [4.78, 5) is 36.2. The molecule has 0 amide bonds. The lowest BCUT2D eigenvalue weighted by atomic mass is 9.86. The van der Waals surface area contributed by atoms with Crippen LogP contribution in [0, 0.1) is 0 Å². The molecule has 0 unspecified atom stereocenters. The Morgan fingerprint density at radius 3 is 2.33 bits per heavy atom. The van der Waals surface area contributed by atoms with Gasteiger partial charge in [-0.25, -0.2) is 0 Å². The van der Waals surface area contributed by atoms with E-state index in [4.69, 9.17) is 11.6 Å². The maximum Gasteiger partial charge on any atom is 0.245 e. The normalized spacial score (nSPS) is 14.4. The van der Waals surface area contributed by atoms with E-state index in [0.29, 0.717) is 12.0 Å². The van der Waals surface area contributed by atoms with Gasteiger partial charge in [0.15, 0.2) is 5.78 Å². The minimum Gasteiger partial charge on any atom is -0.294 e. The molecule has 0 N–H and O–H groups in total. The quantitative estimate of drug-likeness (QED) is 0.591. The van der Waals surface area contributed by atoms with Crippen LogP contribution in [0.3, 0.4) is 0 Å². The van der Waals surface area contributed by atoms with E-state index in [-0.39, 0.29) is 22.0 Å². The topological polar surface area (TPSA) is 51.2 Å². The van der Waals surface area contributed by atoms with E-state index < -0.39 is 11.6 Å². The second kappa shape index (κ2) is 6.81. The number of fused-ring (bicyclic) bond motifs is 1. The van der Waals surface area contributed by atoms with Gasteiger partial charge in [-0.15, -0.1) is 0 Å². The first-order valence-corrected chi connectivity index (χ1v) is 7.57. The summed E-state index contributed by atoms with van der Waals surface area (Å²) in [5.74, 6) is -1.59. The van der Waals surface area contributed by atoms with Crippen molar-refractivity contribution in [1.29, 1.82) is 0 Å². The third-order valence-electron chi connectivity index (χ3n) is 3.60. The van der Waals surface area contributed by atoms with Crippen LogP contribution >= 0.6 is 11.6 Å². The van der Waals surface area contributed by atoms with E-state index in [1.54, 1.807) is 24.3 Å². The fourth-order valence-electron chi connectivity index (χ4n) is 2.46. The van der Waals surface area contributed by atoms with Crippen LogP contribution in [-0.4, -0.2) is 17.3 Å². The third kappa shape index (κ3) is 3.13. The van der Waals surface area contributed by atoms with Gasteiger partial charge < -0.3 is 0 Å². The number of carbonyl (C=O) groups excluding carboxylic acids is 3. The molecule has 0 heterocycles. The van der Waals surface area contributed by atoms with Crippen molar-refractivity contribution >= 4 is 34.5 Å². The van der Waals surface area contributed by atoms with E-state index >= 15 is 0 Å². The Bertz CT molecular complexity index is 629. The highest BCUT2D eigenvalue weighted by Crippen LogP contribution is 2.33. The van der Waals surface area contributed by atoms with Gasteiger partial charge in [0.2, 0.25) is 11.6 Å². The molecule has 0 fully saturated rings. The van der Waals surface area contributed by atoms with Crippen molar-refractivity contribution in [2.75, 3.05) is 0 Å². The molecule has 0 spiro atoms. The lowest BCUT2D eigenvalue weighted by Crippen LogP contribution is -2.24. The lowest BCUT2D eigenvalue weighted by molar-refractivity contribution is -0.115. The fraction of sp³-hybridized carbons (Fsp3) is 0.353. The number of unbranched alkanes of at least 4 members (excludes halogenated alkanes) is 3. The molecule has 21 heavy (non-hydrogen) atoms. The Hall–Kier alpha value is -1.74. The molecule has 1 aliphatic carbocycles. The Kier molecular flexibility index (Phi) is 5.07. The van der Waals surface area contributed by atoms with Gasteiger partial charge in [-0.2, -0.15) is 0 Å². The van der Waals surface area contributed by atoms with Gasteiger partial charge in [-0.05, 0) is 12.0 Å². The van der Waals surface area contributed by atoms with Crippen molar-refractivity contribution in [3.05, 3.63) is 40.4 Å². The molecule has 3 nitrogen and oxygen atoms in total. The van der Waals surface area contributed by atoms with Crippen LogP contribution in [0.1, 0.15) is 54.9 Å². The number of halogens is 1. The molecule has 0 atom stereocenters. The highest BCUT2D eigenvalue weighted by Gasteiger charge is 2.34. The molecule has 0 saturated heterocycles. The van der Waals surface area contributed by atoms with Crippen molar-refractivity contribution in [3.63, 3.8) is 0 Å². The summed E-state index contributed by atoms with van der Waals surface area (Å²) in [5.41, 5.74) is 0.949. The number of hydrogen-bond acceptors (Lipinski definition) is 3. The van der Waals surface area contributed by atoms with Gasteiger partial charge in [0, 0.05) is 17.6 Å². The summed E-state index contributed by atoms with van der Waals surface area (Å²) in [7, 11) is 0. The van der Waals surface area contributed by atoms with E-state index in [1.807, 2.05) is 0 Å². The molecule has 0 saturated carbocycles. The Morgan fingerprint density at radius 1 is 1.00 bits per heavy atom. The number of benzene rings is 1. The second-order valence-corrected chi connectivity index (χ2v) is 5.50. The van der Waals surface area contributed by atoms with E-state index in [0.717, 1.165) is 25.7 Å². The van der Waals surface area contributed by atoms with Crippen molar-refractivity contribution < 1.29 is 14.4 Å². The van der Waals surface area contributed by atoms with Crippen LogP contribution in [0.4, 0.5) is 0 Å². The Labute approximate surface area is 129 Å². The van der Waals surface area contributed by atoms with Crippen LogP contribution in [0.2, 0.25) is 0 Å². The smallest absolute Gasteiger partial charge is 0.245 e. The van der Waals surface area contributed by atoms with E-state index in [2.05, 4.69) is 6.92 Å². The maximum atomic E-state index is 12.4. The molecule has 0 aliphatic heterocycles. The highest BCUT2D eigenvalue weighted by atomic mass is 35.5. The zero-order valence-corrected chi connectivity index (χ0v) is 12.7. The first kappa shape index (κ1) is 15.6. The van der Waals surface area contributed by atoms with Crippen LogP contribution in [0.15, 0.2) is 29.3 Å². The first-order valence-electron chi connectivity index (χ1n) is 7.19. The zero-order valence-electron chi connectivity index (χ0n) is 11.9. The molecule has 110 valence electrons. The first-order chi connectivity index (χ1) is 10.1. The van der Waals surface area contributed by atoms with Gasteiger partial charge >= 0.3 is 0 Å². The summed E-state index contributed by atoms with van der Waals surface area (Å²) in [5, 5.41) is -0.237. The summed E-state index contributed by atoms with van der Waals surface area (Å²) < 4.78 is 0. The van der Waals surface area contributed by atoms with Crippen LogP contribution < -0.4 is 0 Å². The summed E-state index contributed by atoms with van der Waals surface area (Å²) in [6.07, 6.45) is 4.26. The van der Waals surface area contributed by atoms with Gasteiger partial charge in [0.25, 0.3) is 0 Å². The van der Waals surface area contributed by atoms with Crippen LogP contribution in [-0.2, 0) is 9.59 Å². The molecule has 1 aromatic rings. The average molecular weight is 305 g/mol. The highest BCUT2D eigenvalue weighted by molar-refractivity contribution is 6.66. The van der Waals surface area contributed by atoms with Crippen LogP contribution in [0.5, 0.6) is 0 Å². The fourth-order valence-corrected chi connectivity index (χ4v) is 2.76. The number of carbonyl (C=O) groups is 3. The van der Waals surface area contributed by atoms with Crippen molar-refractivity contribution in [1.82, 2.24) is 0 Å². The van der Waals surface area contributed by atoms with Gasteiger partial charge in [-0.1, -0.05) is 62.1 Å². The van der Waals surface area contributed by atoms with E-state index in [9.17, 15) is 14.4 Å². The van der Waals surface area contributed by atoms with Crippen molar-refractivity contribution in [2.24, 2.45) is 0 Å². The number of allylic oxidation sites excluding steroid dienone is 2. The molecule has 0 aromatic heterocycles. The average Bonchev–Trinajstić information content (AvgIpc) is 2.49. The van der Waals surface area contributed by atoms with Crippen molar-refractivity contribution in [2.45, 2.75) is 39.0 Å². The standard InChI is InChI=1S/C17H17ClO3/c1-2-3-4-5-10-13(19)14-11-8-6-7-9-12(11)16(20)17(21)15(14)18/h6-9H,2-5,10H2,1H3. The molecule has 2 rings (SSSR count). The molecule has 4 heteroatoms. The summed E-state index contributed by atoms with van der Waals surface area (Å²) in [6.45, 7) is 2.10. The van der Waals surface area contributed by atoms with Gasteiger partial charge in [-0.3, -0.25) is 14.4 Å². The Balaban J connectivity index is 2.30. The largest absolute Gasteiger partial charge is 0.294 e. The molecule has 1 aromatic carbocycles. The SMILES string of the molecule is CCCCCCC(=O)C1=C(Cl)C(=O)C(=O)c2ccccc21. The predicted octanol–water partition coefficient (Wildman–Crippen LogP) is 3.94. The summed E-state index contributed by atoms with van der Waals surface area (Å²) >= 11 is 5.98. The van der Waals surface area contributed by atoms with Gasteiger partial charge in [0.1, 0.15) is 5.03 Å². The van der Waals surface area contributed by atoms with Crippen LogP contribution in [0.25, 0.3) is 5.57 Å². The minimum atomic E-state index is -0.785. The molecule has 0 radical (unpaired) electrons. The lowest BCUT2D eigenvalue weighted by Gasteiger charge is -2.17. The molecular weight excluding hydrogens is 288 g/mol. The number of rotatable bonds is 6. The maximum absolute atomic E-state index is 12.4. The second-order valence-electron chi connectivity index (χ2n) is 5.13. The van der Waals surface area contributed by atoms with E-state index in [1.165, 1.54) is 0 Å². The molecular formula is C17H17ClO3. The molecule has 0 bridgehead atoms.